The zero-order valence-electron chi connectivity index (χ0n) is 26.9. The third-order valence-corrected chi connectivity index (χ3v) is 12.5. The van der Waals surface area contributed by atoms with Crippen molar-refractivity contribution in [2.24, 2.45) is 0 Å². The normalized spacial score (nSPS) is 12.0. The van der Waals surface area contributed by atoms with Gasteiger partial charge < -0.3 is 9.47 Å². The molecule has 0 N–H and O–H groups in total. The second-order valence-electron chi connectivity index (χ2n) is 12.9. The molecule has 0 aliphatic heterocycles. The Morgan fingerprint density at radius 3 is 1.90 bits per heavy atom. The summed E-state index contributed by atoms with van der Waals surface area (Å²) in [6, 6.07) is 62.4. The molecule has 2 nitrogen and oxygen atoms in total. The Labute approximate surface area is 296 Å². The molecule has 0 amide bonds. The first kappa shape index (κ1) is 28.0. The van der Waals surface area contributed by atoms with Crippen LogP contribution in [-0.4, -0.2) is 4.57 Å². The third-order valence-electron chi connectivity index (χ3n) is 10.1. The van der Waals surface area contributed by atoms with Crippen LogP contribution in [0.3, 0.4) is 0 Å². The fourth-order valence-corrected chi connectivity index (χ4v) is 10.4. The highest BCUT2D eigenvalue weighted by Crippen LogP contribution is 2.53. The maximum Gasteiger partial charge on any atom is 0.0782 e. The van der Waals surface area contributed by atoms with E-state index in [1.165, 1.54) is 84.3 Å². The van der Waals surface area contributed by atoms with Crippen molar-refractivity contribution in [3.63, 3.8) is 0 Å². The summed E-state index contributed by atoms with van der Waals surface area (Å²) < 4.78 is 7.65. The maximum atomic E-state index is 2.60. The lowest BCUT2D eigenvalue weighted by atomic mass is 10.0. The molecular weight excluding hydrogens is 645 g/mol. The van der Waals surface area contributed by atoms with E-state index in [4.69, 9.17) is 0 Å². The van der Waals surface area contributed by atoms with E-state index in [9.17, 15) is 0 Å². The first-order valence-corrected chi connectivity index (χ1v) is 18.6. The van der Waals surface area contributed by atoms with E-state index in [1.54, 1.807) is 0 Å². The van der Waals surface area contributed by atoms with Crippen LogP contribution in [0.1, 0.15) is 0 Å². The van der Waals surface area contributed by atoms with Crippen molar-refractivity contribution in [2.75, 3.05) is 4.90 Å². The Morgan fingerprint density at radius 2 is 1.04 bits per heavy atom. The number of anilines is 3. The molecule has 0 aliphatic rings. The first-order valence-electron chi connectivity index (χ1n) is 16.9. The zero-order valence-corrected chi connectivity index (χ0v) is 28.5. The summed E-state index contributed by atoms with van der Waals surface area (Å²) in [6.07, 6.45) is 0. The quantitative estimate of drug-likeness (QED) is 0.181. The van der Waals surface area contributed by atoms with Gasteiger partial charge >= 0.3 is 0 Å². The molecule has 11 aromatic rings. The van der Waals surface area contributed by atoms with Crippen molar-refractivity contribution in [1.29, 1.82) is 0 Å². The summed E-state index contributed by atoms with van der Waals surface area (Å²) in [5, 5.41) is 10.1. The molecule has 0 saturated heterocycles. The molecule has 3 heterocycles. The SMILES string of the molecule is c1ccc(-n2c3ccccc3c3cccc(N(c4c5ccccc5cc5c4sc4ccccc45)c4cccc5sc6ccccc6c45)c32)cc1. The second kappa shape index (κ2) is 10.8. The van der Waals surface area contributed by atoms with Gasteiger partial charge in [0.25, 0.3) is 0 Å². The average Bonchev–Trinajstić information content (AvgIpc) is 3.85. The number of rotatable bonds is 4. The molecule has 8 aromatic carbocycles. The van der Waals surface area contributed by atoms with E-state index >= 15 is 0 Å². The van der Waals surface area contributed by atoms with Crippen molar-refractivity contribution >= 4 is 113 Å². The van der Waals surface area contributed by atoms with E-state index in [1.807, 2.05) is 22.7 Å². The van der Waals surface area contributed by atoms with Crippen LogP contribution in [0.15, 0.2) is 170 Å². The fourth-order valence-electron chi connectivity index (χ4n) is 8.06. The van der Waals surface area contributed by atoms with Gasteiger partial charge in [-0.25, -0.2) is 0 Å². The van der Waals surface area contributed by atoms with Gasteiger partial charge in [0, 0.05) is 57.5 Å². The van der Waals surface area contributed by atoms with Crippen LogP contribution in [0, 0.1) is 0 Å². The van der Waals surface area contributed by atoms with E-state index in [0.717, 1.165) is 11.4 Å². The number of fused-ring (bicyclic) bond motifs is 10. The van der Waals surface area contributed by atoms with E-state index < -0.39 is 0 Å². The van der Waals surface area contributed by atoms with E-state index in [2.05, 4.69) is 179 Å². The molecular formula is C46H28N2S2. The Hall–Kier alpha value is -5.94. The third kappa shape index (κ3) is 3.95. The lowest BCUT2D eigenvalue weighted by Crippen LogP contribution is -2.13. The highest BCUT2D eigenvalue weighted by atomic mass is 32.1. The predicted octanol–water partition coefficient (Wildman–Crippen LogP) is 14.1. The van der Waals surface area contributed by atoms with Crippen molar-refractivity contribution in [3.8, 4) is 5.69 Å². The van der Waals surface area contributed by atoms with Crippen LogP contribution < -0.4 is 4.90 Å². The van der Waals surface area contributed by atoms with Gasteiger partial charge in [-0.3, -0.25) is 0 Å². The summed E-state index contributed by atoms with van der Waals surface area (Å²) in [7, 11) is 0. The van der Waals surface area contributed by atoms with Crippen molar-refractivity contribution in [3.05, 3.63) is 170 Å². The Balaban J connectivity index is 1.38. The number of hydrogen-bond donors (Lipinski definition) is 0. The summed E-state index contributed by atoms with van der Waals surface area (Å²) in [5.41, 5.74) is 7.10. The van der Waals surface area contributed by atoms with Crippen LogP contribution in [-0.2, 0) is 0 Å². The molecule has 0 unspecified atom stereocenters. The minimum atomic E-state index is 1.15. The summed E-state index contributed by atoms with van der Waals surface area (Å²) in [4.78, 5) is 2.60. The monoisotopic (exact) mass is 672 g/mol. The topological polar surface area (TPSA) is 8.17 Å². The van der Waals surface area contributed by atoms with Crippen molar-refractivity contribution in [2.45, 2.75) is 0 Å². The minimum absolute atomic E-state index is 1.15. The Bertz CT molecular complexity index is 3110. The van der Waals surface area contributed by atoms with Crippen LogP contribution in [0.5, 0.6) is 0 Å². The molecule has 0 atom stereocenters. The lowest BCUT2D eigenvalue weighted by molar-refractivity contribution is 1.17. The van der Waals surface area contributed by atoms with Gasteiger partial charge in [-0.05, 0) is 60.0 Å². The Kier molecular flexibility index (Phi) is 6.03. The molecule has 234 valence electrons. The second-order valence-corrected chi connectivity index (χ2v) is 15.0. The van der Waals surface area contributed by atoms with E-state index in [-0.39, 0.29) is 0 Å². The largest absolute Gasteiger partial charge is 0.307 e. The van der Waals surface area contributed by atoms with Gasteiger partial charge in [-0.15, -0.1) is 22.7 Å². The highest BCUT2D eigenvalue weighted by molar-refractivity contribution is 7.26. The standard InChI is InChI=1S/C46H28N2S2/c1-2-15-30(16-3-1)47-37-22-9-6-18-32(37)34-21-12-24-39(44(34)47)48(38-23-13-27-42-43(38)35-20-8-11-26-41(35)49-42)45-31-17-5-4-14-29(31)28-36-33-19-7-10-25-40(33)50-46(36)45/h1-28H. The predicted molar refractivity (Wildman–Crippen MR) is 219 cm³/mol. The molecule has 0 fully saturated rings. The van der Waals surface area contributed by atoms with Crippen molar-refractivity contribution in [1.82, 2.24) is 4.57 Å². The number of benzene rings is 8. The molecule has 3 aromatic heterocycles. The molecule has 4 heteroatoms. The number of aromatic nitrogens is 1. The molecule has 0 bridgehead atoms. The maximum absolute atomic E-state index is 2.60. The summed E-state index contributed by atoms with van der Waals surface area (Å²) in [6.45, 7) is 0. The van der Waals surface area contributed by atoms with E-state index in [0.29, 0.717) is 0 Å². The zero-order chi connectivity index (χ0) is 32.8. The van der Waals surface area contributed by atoms with Crippen LogP contribution in [0.25, 0.3) is 78.6 Å². The molecule has 0 aliphatic carbocycles. The van der Waals surface area contributed by atoms with Gasteiger partial charge in [0.05, 0.1) is 32.8 Å². The smallest absolute Gasteiger partial charge is 0.0782 e. The lowest BCUT2D eigenvalue weighted by Gasteiger charge is -2.29. The fraction of sp³-hybridized carbons (Fsp3) is 0. The van der Waals surface area contributed by atoms with Gasteiger partial charge in [-0.1, -0.05) is 115 Å². The molecule has 0 radical (unpaired) electrons. The first-order chi connectivity index (χ1) is 24.8. The highest BCUT2D eigenvalue weighted by Gasteiger charge is 2.27. The van der Waals surface area contributed by atoms with Crippen molar-refractivity contribution < 1.29 is 0 Å². The number of nitrogens with zero attached hydrogens (tertiary/aromatic N) is 2. The number of para-hydroxylation sites is 3. The molecule has 0 saturated carbocycles. The van der Waals surface area contributed by atoms with Crippen LogP contribution >= 0.6 is 22.7 Å². The van der Waals surface area contributed by atoms with Gasteiger partial charge in [0.15, 0.2) is 0 Å². The summed E-state index contributed by atoms with van der Waals surface area (Å²) in [5.74, 6) is 0. The minimum Gasteiger partial charge on any atom is -0.307 e. The van der Waals surface area contributed by atoms with Gasteiger partial charge in [-0.2, -0.15) is 0 Å². The van der Waals surface area contributed by atoms with Gasteiger partial charge in [0.2, 0.25) is 0 Å². The average molecular weight is 673 g/mol. The Morgan fingerprint density at radius 1 is 0.420 bits per heavy atom. The number of hydrogen-bond acceptors (Lipinski definition) is 3. The molecule has 11 rings (SSSR count). The molecule has 50 heavy (non-hydrogen) atoms. The van der Waals surface area contributed by atoms with Crippen LogP contribution in [0.2, 0.25) is 0 Å². The number of thiophene rings is 2. The van der Waals surface area contributed by atoms with Crippen LogP contribution in [0.4, 0.5) is 17.1 Å². The molecule has 0 spiro atoms. The van der Waals surface area contributed by atoms with Gasteiger partial charge in [0.1, 0.15) is 0 Å². The summed E-state index contributed by atoms with van der Waals surface area (Å²) >= 11 is 3.77.